The van der Waals surface area contributed by atoms with Crippen molar-refractivity contribution in [3.63, 3.8) is 0 Å². The molecule has 1 heterocycles. The number of rotatable bonds is 3. The molecule has 0 aromatic rings. The van der Waals surface area contributed by atoms with Gasteiger partial charge in [-0.3, -0.25) is 0 Å². The van der Waals surface area contributed by atoms with Gasteiger partial charge in [0.05, 0.1) is 11.7 Å². The van der Waals surface area contributed by atoms with Crippen LogP contribution in [0.3, 0.4) is 0 Å². The van der Waals surface area contributed by atoms with Gasteiger partial charge in [-0.2, -0.15) is 0 Å². The predicted octanol–water partition coefficient (Wildman–Crippen LogP) is 4.67. The molecule has 0 amide bonds. The lowest BCUT2D eigenvalue weighted by Crippen LogP contribution is -2.37. The van der Waals surface area contributed by atoms with Crippen molar-refractivity contribution in [2.24, 2.45) is 5.41 Å². The second kappa shape index (κ2) is 4.74. The molecule has 1 aliphatic heterocycles. The van der Waals surface area contributed by atoms with Crippen LogP contribution in [-0.4, -0.2) is 17.6 Å². The molecule has 1 nitrogen and oxygen atoms in total. The van der Waals surface area contributed by atoms with E-state index in [1.54, 1.807) is 0 Å². The Morgan fingerprint density at radius 2 is 1.71 bits per heavy atom. The van der Waals surface area contributed by atoms with Crippen LogP contribution in [0.1, 0.15) is 70.6 Å². The number of hydrogen-bond donors (Lipinski definition) is 0. The highest BCUT2D eigenvalue weighted by Gasteiger charge is 2.45. The van der Waals surface area contributed by atoms with Crippen LogP contribution in [0.15, 0.2) is 0 Å². The largest absolute Gasteiger partial charge is 0.372 e. The minimum Gasteiger partial charge on any atom is -0.372 e. The first-order chi connectivity index (χ1) is 8.26. The topological polar surface area (TPSA) is 9.23 Å². The predicted molar refractivity (Wildman–Crippen MR) is 71.5 cm³/mol. The molecule has 0 radical (unpaired) electrons. The van der Waals surface area contributed by atoms with Crippen molar-refractivity contribution in [3.8, 4) is 0 Å². The maximum Gasteiger partial charge on any atom is 0.0687 e. The van der Waals surface area contributed by atoms with E-state index < -0.39 is 0 Å². The number of hydrogen-bond acceptors (Lipinski definition) is 1. The maximum atomic E-state index is 6.46. The summed E-state index contributed by atoms with van der Waals surface area (Å²) in [4.78, 5) is 0. The van der Waals surface area contributed by atoms with Crippen molar-refractivity contribution < 1.29 is 4.74 Å². The van der Waals surface area contributed by atoms with Crippen molar-refractivity contribution in [1.82, 2.24) is 0 Å². The summed E-state index contributed by atoms with van der Waals surface area (Å²) in [6.07, 6.45) is 15.2. The van der Waals surface area contributed by atoms with E-state index in [0.29, 0.717) is 17.1 Å². The number of halogens is 1. The normalized spacial score (nSPS) is 34.8. The molecule has 3 aliphatic rings. The lowest BCUT2D eigenvalue weighted by molar-refractivity contribution is -0.0820. The number of ether oxygens (including phenoxy) is 1. The molecular formula is C15H25ClO. The van der Waals surface area contributed by atoms with Crippen LogP contribution in [0.25, 0.3) is 0 Å². The van der Waals surface area contributed by atoms with E-state index in [9.17, 15) is 0 Å². The zero-order valence-corrected chi connectivity index (χ0v) is 11.6. The zero-order valence-electron chi connectivity index (χ0n) is 10.8. The summed E-state index contributed by atoms with van der Waals surface area (Å²) in [5.74, 6) is 0.847. The van der Waals surface area contributed by atoms with Gasteiger partial charge >= 0.3 is 0 Å². The molecule has 0 N–H and O–H groups in total. The zero-order chi connectivity index (χ0) is 11.8. The summed E-state index contributed by atoms with van der Waals surface area (Å²) >= 11 is 6.16. The molecule has 0 aromatic carbocycles. The first kappa shape index (κ1) is 12.3. The van der Waals surface area contributed by atoms with Crippen LogP contribution >= 0.6 is 11.6 Å². The summed E-state index contributed by atoms with van der Waals surface area (Å²) < 4.78 is 6.46. The Kier molecular flexibility index (Phi) is 3.42. The van der Waals surface area contributed by atoms with E-state index in [2.05, 4.69) is 0 Å². The van der Waals surface area contributed by atoms with Crippen LogP contribution in [0.5, 0.6) is 0 Å². The van der Waals surface area contributed by atoms with Crippen LogP contribution in [0, 0.1) is 5.41 Å². The van der Waals surface area contributed by atoms with Crippen LogP contribution in [-0.2, 0) is 4.74 Å². The Bertz CT molecular complexity index is 261. The van der Waals surface area contributed by atoms with E-state index in [4.69, 9.17) is 16.3 Å². The van der Waals surface area contributed by atoms with Crippen molar-refractivity contribution in [1.29, 1.82) is 0 Å². The standard InChI is InChI=1S/C15H25ClO/c16-12-14(6-4-7-14)11-13-5-10-15(17-13)8-2-1-3-9-15/h13H,1-12H2. The van der Waals surface area contributed by atoms with Gasteiger partial charge in [-0.15, -0.1) is 11.6 Å². The molecular weight excluding hydrogens is 232 g/mol. The molecule has 2 saturated carbocycles. The molecule has 2 heteroatoms. The molecule has 0 aromatic heterocycles. The summed E-state index contributed by atoms with van der Waals surface area (Å²) in [7, 11) is 0. The van der Waals surface area contributed by atoms with Crippen molar-refractivity contribution in [2.45, 2.75) is 82.3 Å². The third-order valence-electron chi connectivity index (χ3n) is 5.46. The quantitative estimate of drug-likeness (QED) is 0.667. The summed E-state index contributed by atoms with van der Waals surface area (Å²) in [5.41, 5.74) is 0.743. The highest BCUT2D eigenvalue weighted by molar-refractivity contribution is 6.18. The highest BCUT2D eigenvalue weighted by atomic mass is 35.5. The van der Waals surface area contributed by atoms with Gasteiger partial charge in [0.2, 0.25) is 0 Å². The second-order valence-corrected chi connectivity index (χ2v) is 6.98. The fraction of sp³-hybridized carbons (Fsp3) is 1.00. The van der Waals surface area contributed by atoms with Gasteiger partial charge in [-0.25, -0.2) is 0 Å². The molecule has 1 spiro atoms. The van der Waals surface area contributed by atoms with Crippen molar-refractivity contribution in [2.75, 3.05) is 5.88 Å². The monoisotopic (exact) mass is 256 g/mol. The molecule has 3 rings (SSSR count). The minimum absolute atomic E-state index is 0.292. The van der Waals surface area contributed by atoms with Gasteiger partial charge in [0.25, 0.3) is 0 Å². The molecule has 0 bridgehead atoms. The lowest BCUT2D eigenvalue weighted by Gasteiger charge is -2.42. The van der Waals surface area contributed by atoms with Gasteiger partial charge < -0.3 is 4.74 Å². The maximum absolute atomic E-state index is 6.46. The smallest absolute Gasteiger partial charge is 0.0687 e. The van der Waals surface area contributed by atoms with E-state index >= 15 is 0 Å². The summed E-state index contributed by atoms with van der Waals surface area (Å²) in [6, 6.07) is 0. The van der Waals surface area contributed by atoms with E-state index in [-0.39, 0.29) is 0 Å². The second-order valence-electron chi connectivity index (χ2n) is 6.71. The van der Waals surface area contributed by atoms with Gasteiger partial charge in [-0.1, -0.05) is 25.7 Å². The van der Waals surface area contributed by atoms with Gasteiger partial charge in [0.15, 0.2) is 0 Å². The molecule has 1 atom stereocenters. The van der Waals surface area contributed by atoms with Crippen LogP contribution in [0.2, 0.25) is 0 Å². The first-order valence-electron chi connectivity index (χ1n) is 7.50. The molecule has 17 heavy (non-hydrogen) atoms. The highest BCUT2D eigenvalue weighted by Crippen LogP contribution is 2.50. The van der Waals surface area contributed by atoms with E-state index in [0.717, 1.165) is 5.88 Å². The van der Waals surface area contributed by atoms with Gasteiger partial charge in [-0.05, 0) is 50.4 Å². The molecule has 2 aliphatic carbocycles. The first-order valence-corrected chi connectivity index (χ1v) is 8.03. The van der Waals surface area contributed by atoms with Crippen molar-refractivity contribution in [3.05, 3.63) is 0 Å². The molecule has 1 saturated heterocycles. The Morgan fingerprint density at radius 3 is 2.29 bits per heavy atom. The van der Waals surface area contributed by atoms with E-state index in [1.165, 1.54) is 70.6 Å². The fourth-order valence-electron chi connectivity index (χ4n) is 4.16. The molecule has 1 unspecified atom stereocenters. The van der Waals surface area contributed by atoms with Crippen molar-refractivity contribution >= 4 is 11.6 Å². The third-order valence-corrected chi connectivity index (χ3v) is 6.03. The summed E-state index contributed by atoms with van der Waals surface area (Å²) in [6.45, 7) is 0. The number of alkyl halides is 1. The minimum atomic E-state index is 0.292. The summed E-state index contributed by atoms with van der Waals surface area (Å²) in [5, 5.41) is 0. The van der Waals surface area contributed by atoms with E-state index in [1.807, 2.05) is 0 Å². The third kappa shape index (κ3) is 2.38. The SMILES string of the molecule is ClCC1(CC2CCC3(CCCCC3)O2)CCC1. The van der Waals surface area contributed by atoms with Gasteiger partial charge in [0.1, 0.15) is 0 Å². The Balaban J connectivity index is 1.56. The fourth-order valence-corrected chi connectivity index (χ4v) is 4.53. The Hall–Kier alpha value is 0.250. The molecule has 3 fully saturated rings. The Morgan fingerprint density at radius 1 is 0.941 bits per heavy atom. The van der Waals surface area contributed by atoms with Crippen LogP contribution in [0.4, 0.5) is 0 Å². The Labute approximate surface area is 110 Å². The van der Waals surface area contributed by atoms with Gasteiger partial charge in [0, 0.05) is 5.88 Å². The lowest BCUT2D eigenvalue weighted by atomic mass is 9.67. The average molecular weight is 257 g/mol. The average Bonchev–Trinajstić information content (AvgIpc) is 2.68. The van der Waals surface area contributed by atoms with Crippen LogP contribution < -0.4 is 0 Å². The molecule has 98 valence electrons.